The van der Waals surface area contributed by atoms with Gasteiger partial charge in [0.1, 0.15) is 5.03 Å². The normalized spacial score (nSPS) is 10.3. The van der Waals surface area contributed by atoms with E-state index in [1.807, 2.05) is 43.3 Å². The molecular weight excluding hydrogens is 246 g/mol. The number of pyridine rings is 1. The van der Waals surface area contributed by atoms with Crippen molar-refractivity contribution in [3.05, 3.63) is 48.2 Å². The lowest BCUT2D eigenvalue weighted by Gasteiger charge is -2.08. The van der Waals surface area contributed by atoms with Gasteiger partial charge < -0.3 is 9.84 Å². The van der Waals surface area contributed by atoms with E-state index in [1.165, 1.54) is 0 Å². The molecule has 0 bridgehead atoms. The van der Waals surface area contributed by atoms with Crippen molar-refractivity contribution < 1.29 is 9.84 Å². The highest BCUT2D eigenvalue weighted by Gasteiger charge is 2.06. The number of nitrogens with zero attached hydrogens (tertiary/aromatic N) is 1. The van der Waals surface area contributed by atoms with Crippen LogP contribution in [0.25, 0.3) is 0 Å². The molecule has 1 N–H and O–H groups in total. The summed E-state index contributed by atoms with van der Waals surface area (Å²) < 4.78 is 5.53. The van der Waals surface area contributed by atoms with Gasteiger partial charge in [-0.1, -0.05) is 23.9 Å². The maximum atomic E-state index is 8.99. The van der Waals surface area contributed by atoms with Gasteiger partial charge in [0, 0.05) is 11.1 Å². The highest BCUT2D eigenvalue weighted by molar-refractivity contribution is 7.99. The lowest BCUT2D eigenvalue weighted by atomic mass is 10.2. The lowest BCUT2D eigenvalue weighted by molar-refractivity contribution is 0.282. The van der Waals surface area contributed by atoms with Crippen molar-refractivity contribution in [3.8, 4) is 5.75 Å². The van der Waals surface area contributed by atoms with Gasteiger partial charge in [-0.2, -0.15) is 0 Å². The van der Waals surface area contributed by atoms with Crippen molar-refractivity contribution in [3.63, 3.8) is 0 Å². The number of rotatable bonds is 5. The van der Waals surface area contributed by atoms with E-state index in [4.69, 9.17) is 9.84 Å². The van der Waals surface area contributed by atoms with Crippen LogP contribution in [0.4, 0.5) is 0 Å². The van der Waals surface area contributed by atoms with Gasteiger partial charge >= 0.3 is 0 Å². The van der Waals surface area contributed by atoms with Crippen LogP contribution in [0.5, 0.6) is 5.75 Å². The van der Waals surface area contributed by atoms with Crippen molar-refractivity contribution >= 4 is 11.8 Å². The highest BCUT2D eigenvalue weighted by atomic mass is 32.2. The molecule has 3 nitrogen and oxygen atoms in total. The lowest BCUT2D eigenvalue weighted by Crippen LogP contribution is -1.94. The quantitative estimate of drug-likeness (QED) is 0.898. The van der Waals surface area contributed by atoms with Crippen LogP contribution >= 0.6 is 11.8 Å². The SMILES string of the molecule is CCOc1cccnc1Sc1ccc(CO)cc1. The number of benzene rings is 1. The van der Waals surface area contributed by atoms with Gasteiger partial charge in [0.05, 0.1) is 13.2 Å². The fourth-order valence-corrected chi connectivity index (χ4v) is 2.33. The minimum atomic E-state index is 0.0682. The molecule has 0 fully saturated rings. The molecule has 18 heavy (non-hydrogen) atoms. The zero-order chi connectivity index (χ0) is 12.8. The number of aliphatic hydroxyl groups excluding tert-OH is 1. The van der Waals surface area contributed by atoms with Crippen LogP contribution in [0.1, 0.15) is 12.5 Å². The van der Waals surface area contributed by atoms with Crippen LogP contribution in [-0.4, -0.2) is 16.7 Å². The van der Waals surface area contributed by atoms with E-state index in [-0.39, 0.29) is 6.61 Å². The molecule has 1 aromatic heterocycles. The summed E-state index contributed by atoms with van der Waals surface area (Å²) in [5.74, 6) is 0.802. The van der Waals surface area contributed by atoms with Crippen LogP contribution in [0.3, 0.4) is 0 Å². The fraction of sp³-hybridized carbons (Fsp3) is 0.214. The van der Waals surface area contributed by atoms with E-state index in [1.54, 1.807) is 18.0 Å². The standard InChI is InChI=1S/C14H15NO2S/c1-2-17-13-4-3-9-15-14(13)18-12-7-5-11(10-16)6-8-12/h3-9,16H,2,10H2,1H3. The summed E-state index contributed by atoms with van der Waals surface area (Å²) >= 11 is 1.56. The summed E-state index contributed by atoms with van der Waals surface area (Å²) in [6.07, 6.45) is 1.76. The Bertz CT molecular complexity index is 499. The van der Waals surface area contributed by atoms with Crippen LogP contribution in [0.15, 0.2) is 52.5 Å². The monoisotopic (exact) mass is 261 g/mol. The molecular formula is C14H15NO2S. The van der Waals surface area contributed by atoms with Crippen LogP contribution in [0, 0.1) is 0 Å². The van der Waals surface area contributed by atoms with Crippen molar-refractivity contribution in [2.45, 2.75) is 23.5 Å². The van der Waals surface area contributed by atoms with Crippen LogP contribution in [0.2, 0.25) is 0 Å². The van der Waals surface area contributed by atoms with Gasteiger partial charge in [0.15, 0.2) is 5.75 Å². The fourth-order valence-electron chi connectivity index (χ4n) is 1.49. The molecule has 0 aliphatic rings. The molecule has 0 atom stereocenters. The molecule has 2 aromatic rings. The Morgan fingerprint density at radius 1 is 1.22 bits per heavy atom. The molecule has 0 saturated carbocycles. The second-order valence-corrected chi connectivity index (χ2v) is 4.71. The molecule has 0 aliphatic carbocycles. The summed E-state index contributed by atoms with van der Waals surface area (Å²) in [7, 11) is 0. The second kappa shape index (κ2) is 6.42. The summed E-state index contributed by atoms with van der Waals surface area (Å²) in [5.41, 5.74) is 0.908. The predicted molar refractivity (Wildman–Crippen MR) is 71.9 cm³/mol. The first-order valence-corrected chi connectivity index (χ1v) is 6.60. The van der Waals surface area contributed by atoms with Crippen molar-refractivity contribution in [2.24, 2.45) is 0 Å². The number of ether oxygens (including phenoxy) is 1. The maximum Gasteiger partial charge on any atom is 0.151 e. The minimum absolute atomic E-state index is 0.0682. The Morgan fingerprint density at radius 3 is 2.67 bits per heavy atom. The first kappa shape index (κ1) is 12.9. The highest BCUT2D eigenvalue weighted by Crippen LogP contribution is 2.32. The van der Waals surface area contributed by atoms with E-state index in [0.29, 0.717) is 6.61 Å². The third-order valence-corrected chi connectivity index (χ3v) is 3.36. The van der Waals surface area contributed by atoms with Crippen molar-refractivity contribution in [2.75, 3.05) is 6.61 Å². The van der Waals surface area contributed by atoms with E-state index < -0.39 is 0 Å². The molecule has 94 valence electrons. The van der Waals surface area contributed by atoms with Gasteiger partial charge in [0.25, 0.3) is 0 Å². The third kappa shape index (κ3) is 3.24. The molecule has 2 rings (SSSR count). The number of hydrogen-bond donors (Lipinski definition) is 1. The Balaban J connectivity index is 2.17. The molecule has 0 amide bonds. The Labute approximate surface area is 111 Å². The van der Waals surface area contributed by atoms with E-state index in [9.17, 15) is 0 Å². The van der Waals surface area contributed by atoms with Crippen LogP contribution < -0.4 is 4.74 Å². The topological polar surface area (TPSA) is 42.4 Å². The molecule has 0 radical (unpaired) electrons. The third-order valence-electron chi connectivity index (χ3n) is 2.36. The second-order valence-electron chi connectivity index (χ2n) is 3.64. The summed E-state index contributed by atoms with van der Waals surface area (Å²) in [6, 6.07) is 11.5. The molecule has 0 aliphatic heterocycles. The molecule has 0 saturated heterocycles. The summed E-state index contributed by atoms with van der Waals surface area (Å²) in [6.45, 7) is 2.65. The van der Waals surface area contributed by atoms with Crippen molar-refractivity contribution in [1.82, 2.24) is 4.98 Å². The van der Waals surface area contributed by atoms with Gasteiger partial charge in [-0.15, -0.1) is 0 Å². The molecule has 4 heteroatoms. The minimum Gasteiger partial charge on any atom is -0.491 e. The number of hydrogen-bond acceptors (Lipinski definition) is 4. The van der Waals surface area contributed by atoms with Crippen molar-refractivity contribution in [1.29, 1.82) is 0 Å². The Kier molecular flexibility index (Phi) is 4.61. The number of aromatic nitrogens is 1. The Hall–Kier alpha value is -1.52. The maximum absolute atomic E-state index is 8.99. The molecule has 1 aromatic carbocycles. The molecule has 0 spiro atoms. The first-order valence-electron chi connectivity index (χ1n) is 5.79. The largest absolute Gasteiger partial charge is 0.491 e. The zero-order valence-electron chi connectivity index (χ0n) is 10.2. The predicted octanol–water partition coefficient (Wildman–Crippen LogP) is 3.12. The average molecular weight is 261 g/mol. The Morgan fingerprint density at radius 2 is 2.00 bits per heavy atom. The van der Waals surface area contributed by atoms with Gasteiger partial charge in [0.2, 0.25) is 0 Å². The van der Waals surface area contributed by atoms with E-state index in [2.05, 4.69) is 4.98 Å². The van der Waals surface area contributed by atoms with E-state index in [0.717, 1.165) is 21.2 Å². The summed E-state index contributed by atoms with van der Waals surface area (Å²) in [4.78, 5) is 5.40. The molecule has 0 unspecified atom stereocenters. The van der Waals surface area contributed by atoms with E-state index >= 15 is 0 Å². The van der Waals surface area contributed by atoms with Gasteiger partial charge in [-0.25, -0.2) is 4.98 Å². The smallest absolute Gasteiger partial charge is 0.151 e. The zero-order valence-corrected chi connectivity index (χ0v) is 11.0. The number of aliphatic hydroxyl groups is 1. The van der Waals surface area contributed by atoms with Gasteiger partial charge in [-0.3, -0.25) is 0 Å². The van der Waals surface area contributed by atoms with Gasteiger partial charge in [-0.05, 0) is 36.8 Å². The summed E-state index contributed by atoms with van der Waals surface area (Å²) in [5, 5.41) is 9.85. The van der Waals surface area contributed by atoms with Crippen LogP contribution in [-0.2, 0) is 6.61 Å². The molecule has 1 heterocycles. The average Bonchev–Trinajstić information content (AvgIpc) is 2.42. The first-order chi connectivity index (χ1) is 8.83.